The molecule has 0 bridgehead atoms. The summed E-state index contributed by atoms with van der Waals surface area (Å²) in [4.78, 5) is 5.14. The lowest BCUT2D eigenvalue weighted by molar-refractivity contribution is 0.462. The maximum Gasteiger partial charge on any atom is 0.0717 e. The van der Waals surface area contributed by atoms with Crippen molar-refractivity contribution in [1.29, 1.82) is 0 Å². The molecule has 2 heterocycles. The van der Waals surface area contributed by atoms with Crippen LogP contribution >= 0.6 is 0 Å². The largest absolute Gasteiger partial charge is 0.338 e. The summed E-state index contributed by atoms with van der Waals surface area (Å²) in [6.07, 6.45) is 9.69. The zero-order valence-corrected chi connectivity index (χ0v) is 34.6. The van der Waals surface area contributed by atoms with E-state index in [4.69, 9.17) is 6.58 Å². The van der Waals surface area contributed by atoms with E-state index < -0.39 is 5.41 Å². The fourth-order valence-electron chi connectivity index (χ4n) is 10.9. The number of benzene rings is 6. The topological polar surface area (TPSA) is 6.48 Å². The highest BCUT2D eigenvalue weighted by Gasteiger charge is 2.50. The molecule has 0 saturated heterocycles. The molecule has 2 aliphatic carbocycles. The second-order valence-electron chi connectivity index (χ2n) is 17.9. The normalized spacial score (nSPS) is 21.8. The number of hydrogen-bond donors (Lipinski definition) is 0. The van der Waals surface area contributed by atoms with E-state index in [-0.39, 0.29) is 22.9 Å². The van der Waals surface area contributed by atoms with Crippen molar-refractivity contribution in [2.75, 3.05) is 9.80 Å². The molecule has 2 heteroatoms. The minimum atomic E-state index is -0.607. The number of rotatable bonds is 4. The van der Waals surface area contributed by atoms with E-state index in [0.717, 1.165) is 12.0 Å². The number of para-hydroxylation sites is 2. The van der Waals surface area contributed by atoms with E-state index in [1.165, 1.54) is 78.4 Å². The Labute approximate surface area is 345 Å². The van der Waals surface area contributed by atoms with Gasteiger partial charge in [-0.15, -0.1) is 0 Å². The van der Waals surface area contributed by atoms with Crippen LogP contribution in [-0.4, -0.2) is 12.1 Å². The zero-order valence-electron chi connectivity index (χ0n) is 34.6. The number of nitrogens with zero attached hydrogens (tertiary/aromatic N) is 2. The van der Waals surface area contributed by atoms with Crippen LogP contribution in [0.1, 0.15) is 92.5 Å². The van der Waals surface area contributed by atoms with Gasteiger partial charge in [0.1, 0.15) is 0 Å². The average molecular weight is 753 g/mol. The minimum absolute atomic E-state index is 0.00317. The lowest BCUT2D eigenvalue weighted by atomic mass is 9.64. The molecule has 4 aliphatic rings. The van der Waals surface area contributed by atoms with Crippen molar-refractivity contribution < 1.29 is 0 Å². The van der Waals surface area contributed by atoms with Crippen LogP contribution in [0.2, 0.25) is 0 Å². The molecule has 2 nitrogen and oxygen atoms in total. The standard InChI is InChI=1S/C56H52N2/c1-37-21-11-8-16-26-45-44-33-31-43(58-39(3)55(6,7)49-28-18-20-30-52(49)58)36-50(44)56(40-22-12-9-13-23-40,41-24-14-10-15-25-41)53(45)46-34-32-42(35-47(37)46)57-38(2)54(4,5)48-27-17-19-29-51(48)57/h8-25,27-36,38-39H,1,26H2,2-7H3/b16-8-,21-11-. The van der Waals surface area contributed by atoms with Gasteiger partial charge in [-0.05, 0) is 118 Å². The summed E-state index contributed by atoms with van der Waals surface area (Å²) in [7, 11) is 0. The van der Waals surface area contributed by atoms with Gasteiger partial charge in [-0.2, -0.15) is 0 Å². The van der Waals surface area contributed by atoms with Gasteiger partial charge in [0.05, 0.1) is 5.41 Å². The fourth-order valence-corrected chi connectivity index (χ4v) is 10.9. The molecule has 0 radical (unpaired) electrons. The van der Waals surface area contributed by atoms with Crippen LogP contribution in [0.25, 0.3) is 16.7 Å². The van der Waals surface area contributed by atoms with Gasteiger partial charge in [0.25, 0.3) is 0 Å². The number of hydrogen-bond acceptors (Lipinski definition) is 2. The Kier molecular flexibility index (Phi) is 8.26. The second kappa shape index (κ2) is 13.2. The molecule has 0 amide bonds. The molecule has 58 heavy (non-hydrogen) atoms. The van der Waals surface area contributed by atoms with Crippen LogP contribution < -0.4 is 9.80 Å². The first kappa shape index (κ1) is 36.2. The van der Waals surface area contributed by atoms with Crippen LogP contribution in [0, 0.1) is 0 Å². The number of allylic oxidation sites excluding steroid dienone is 7. The summed E-state index contributed by atoms with van der Waals surface area (Å²) in [5.41, 5.74) is 18.4. The Morgan fingerprint density at radius 2 is 1.02 bits per heavy atom. The molecule has 0 spiro atoms. The lowest BCUT2D eigenvalue weighted by Crippen LogP contribution is -2.36. The quantitative estimate of drug-likeness (QED) is 0.177. The van der Waals surface area contributed by atoms with E-state index in [1.54, 1.807) is 0 Å². The first-order valence-electron chi connectivity index (χ1n) is 21.0. The summed E-state index contributed by atoms with van der Waals surface area (Å²) >= 11 is 0. The Hall–Kier alpha value is -6.12. The summed E-state index contributed by atoms with van der Waals surface area (Å²) in [5.74, 6) is 0. The van der Waals surface area contributed by atoms with E-state index >= 15 is 0 Å². The summed E-state index contributed by atoms with van der Waals surface area (Å²) in [5, 5.41) is 0. The maximum atomic E-state index is 4.79. The van der Waals surface area contributed by atoms with Gasteiger partial charge in [-0.3, -0.25) is 0 Å². The minimum Gasteiger partial charge on any atom is -0.338 e. The first-order chi connectivity index (χ1) is 28.1. The predicted molar refractivity (Wildman–Crippen MR) is 247 cm³/mol. The van der Waals surface area contributed by atoms with Crippen LogP contribution in [-0.2, 0) is 16.2 Å². The van der Waals surface area contributed by atoms with Gasteiger partial charge in [-0.1, -0.05) is 168 Å². The molecule has 2 aliphatic heterocycles. The highest BCUT2D eigenvalue weighted by molar-refractivity contribution is 6.09. The van der Waals surface area contributed by atoms with E-state index in [2.05, 4.69) is 221 Å². The molecular weight excluding hydrogens is 701 g/mol. The predicted octanol–water partition coefficient (Wildman–Crippen LogP) is 14.1. The summed E-state index contributed by atoms with van der Waals surface area (Å²) < 4.78 is 0. The SMILES string of the molecule is C=C1/C=C\C=C/CC2=C(c3ccc(N4c5ccccc5C(C)(C)C4C)cc31)C(c1ccccc1)(c1ccccc1)c1cc(N3c4ccccc4C(C)(C)C3C)ccc12. The molecule has 2 unspecified atom stereocenters. The van der Waals surface area contributed by atoms with Crippen molar-refractivity contribution in [2.45, 2.75) is 76.3 Å². The highest BCUT2D eigenvalue weighted by atomic mass is 15.2. The van der Waals surface area contributed by atoms with Gasteiger partial charge >= 0.3 is 0 Å². The zero-order chi connectivity index (χ0) is 40.0. The monoisotopic (exact) mass is 752 g/mol. The molecule has 286 valence electrons. The van der Waals surface area contributed by atoms with Crippen LogP contribution in [0.5, 0.6) is 0 Å². The number of fused-ring (bicyclic) bond motifs is 6. The second-order valence-corrected chi connectivity index (χ2v) is 17.9. The van der Waals surface area contributed by atoms with Crippen molar-refractivity contribution in [3.05, 3.63) is 221 Å². The number of anilines is 4. The van der Waals surface area contributed by atoms with Crippen molar-refractivity contribution >= 4 is 39.5 Å². The molecule has 2 atom stereocenters. The van der Waals surface area contributed by atoms with Crippen LogP contribution in [0.4, 0.5) is 22.7 Å². The third-order valence-electron chi connectivity index (χ3n) is 14.4. The molecular formula is C56H52N2. The van der Waals surface area contributed by atoms with Crippen molar-refractivity contribution in [3.8, 4) is 0 Å². The molecule has 6 aromatic rings. The van der Waals surface area contributed by atoms with Gasteiger partial charge in [0.15, 0.2) is 0 Å². The Balaban J connectivity index is 1.27. The summed E-state index contributed by atoms with van der Waals surface area (Å²) in [6.45, 7) is 19.1. The molecule has 0 N–H and O–H groups in total. The van der Waals surface area contributed by atoms with Crippen LogP contribution in [0.15, 0.2) is 176 Å². The Bertz CT molecular complexity index is 2670. The van der Waals surface area contributed by atoms with E-state index in [0.29, 0.717) is 0 Å². The van der Waals surface area contributed by atoms with Gasteiger partial charge in [-0.25, -0.2) is 0 Å². The maximum absolute atomic E-state index is 4.79. The Morgan fingerprint density at radius 1 is 0.517 bits per heavy atom. The highest BCUT2D eigenvalue weighted by Crippen LogP contribution is 2.62. The van der Waals surface area contributed by atoms with Crippen molar-refractivity contribution in [1.82, 2.24) is 0 Å². The van der Waals surface area contributed by atoms with Gasteiger partial charge in [0.2, 0.25) is 0 Å². The molecule has 0 aromatic heterocycles. The van der Waals surface area contributed by atoms with Crippen molar-refractivity contribution in [3.63, 3.8) is 0 Å². The third kappa shape index (κ3) is 5.03. The van der Waals surface area contributed by atoms with E-state index in [1.807, 2.05) is 0 Å². The third-order valence-corrected chi connectivity index (χ3v) is 14.4. The first-order valence-corrected chi connectivity index (χ1v) is 21.0. The fraction of sp³-hybridized carbons (Fsp3) is 0.214. The molecule has 6 aromatic carbocycles. The van der Waals surface area contributed by atoms with Gasteiger partial charge < -0.3 is 9.80 Å². The smallest absolute Gasteiger partial charge is 0.0717 e. The lowest BCUT2D eigenvalue weighted by Gasteiger charge is -2.38. The summed E-state index contributed by atoms with van der Waals surface area (Å²) in [6, 6.07) is 55.6. The molecule has 0 saturated carbocycles. The van der Waals surface area contributed by atoms with Crippen molar-refractivity contribution in [2.24, 2.45) is 0 Å². The Morgan fingerprint density at radius 3 is 1.59 bits per heavy atom. The average Bonchev–Trinajstić information content (AvgIpc) is 3.73. The van der Waals surface area contributed by atoms with Crippen LogP contribution in [0.3, 0.4) is 0 Å². The molecule has 10 rings (SSSR count). The molecule has 0 fully saturated rings. The van der Waals surface area contributed by atoms with Gasteiger partial charge in [0, 0.05) is 45.7 Å². The van der Waals surface area contributed by atoms with E-state index in [9.17, 15) is 0 Å².